The van der Waals surface area contributed by atoms with Crippen molar-refractivity contribution in [2.24, 2.45) is 5.92 Å². The Hall–Kier alpha value is -1.15. The molecule has 1 rings (SSSR count). The van der Waals surface area contributed by atoms with Crippen molar-refractivity contribution in [3.8, 4) is 0 Å². The molecular formula is C15H23NO. The number of ketones is 1. The van der Waals surface area contributed by atoms with Crippen molar-refractivity contribution in [3.05, 3.63) is 35.4 Å². The van der Waals surface area contributed by atoms with Crippen LogP contribution in [-0.4, -0.2) is 31.3 Å². The molecule has 94 valence electrons. The zero-order valence-electron chi connectivity index (χ0n) is 11.4. The molecular weight excluding hydrogens is 210 g/mol. The van der Waals surface area contributed by atoms with Gasteiger partial charge in [0.2, 0.25) is 0 Å². The van der Waals surface area contributed by atoms with Crippen molar-refractivity contribution in [1.82, 2.24) is 4.90 Å². The van der Waals surface area contributed by atoms with Gasteiger partial charge in [-0.15, -0.1) is 0 Å². The topological polar surface area (TPSA) is 20.3 Å². The van der Waals surface area contributed by atoms with Crippen molar-refractivity contribution < 1.29 is 4.79 Å². The Bertz CT molecular complexity index is 369. The van der Waals surface area contributed by atoms with Crippen LogP contribution in [-0.2, 0) is 6.42 Å². The summed E-state index contributed by atoms with van der Waals surface area (Å²) in [5.74, 6) is 0.867. The molecule has 0 amide bonds. The second-order valence-corrected chi connectivity index (χ2v) is 5.27. The van der Waals surface area contributed by atoms with Crippen LogP contribution in [0.4, 0.5) is 0 Å². The normalized spacial score (nSPS) is 11.2. The highest BCUT2D eigenvalue weighted by Crippen LogP contribution is 2.12. The summed E-state index contributed by atoms with van der Waals surface area (Å²) in [5.41, 5.74) is 2.11. The van der Waals surface area contributed by atoms with Crippen LogP contribution in [0, 0.1) is 5.92 Å². The first-order chi connectivity index (χ1) is 7.99. The maximum absolute atomic E-state index is 12.0. The molecule has 1 aromatic rings. The molecule has 0 radical (unpaired) electrons. The van der Waals surface area contributed by atoms with Gasteiger partial charge in [0.25, 0.3) is 0 Å². The second kappa shape index (κ2) is 6.55. The van der Waals surface area contributed by atoms with Crippen molar-refractivity contribution in [3.63, 3.8) is 0 Å². The zero-order chi connectivity index (χ0) is 12.8. The van der Waals surface area contributed by atoms with Crippen molar-refractivity contribution in [2.75, 3.05) is 20.6 Å². The van der Waals surface area contributed by atoms with Gasteiger partial charge in [-0.2, -0.15) is 0 Å². The van der Waals surface area contributed by atoms with E-state index in [0.29, 0.717) is 12.3 Å². The molecule has 0 unspecified atom stereocenters. The van der Waals surface area contributed by atoms with Gasteiger partial charge in [0.1, 0.15) is 0 Å². The third-order valence-electron chi connectivity index (χ3n) is 2.68. The fourth-order valence-electron chi connectivity index (χ4n) is 1.81. The monoisotopic (exact) mass is 233 g/mol. The van der Waals surface area contributed by atoms with Gasteiger partial charge in [-0.1, -0.05) is 32.0 Å². The summed E-state index contributed by atoms with van der Waals surface area (Å²) in [4.78, 5) is 14.0. The Kier molecular flexibility index (Phi) is 5.36. The lowest BCUT2D eigenvalue weighted by Crippen LogP contribution is -2.16. The Morgan fingerprint density at radius 3 is 2.59 bits per heavy atom. The van der Waals surface area contributed by atoms with E-state index >= 15 is 0 Å². The molecule has 0 aliphatic carbocycles. The summed E-state index contributed by atoms with van der Waals surface area (Å²) >= 11 is 0. The van der Waals surface area contributed by atoms with Gasteiger partial charge < -0.3 is 4.90 Å². The maximum atomic E-state index is 12.0. The molecule has 0 saturated heterocycles. The molecule has 17 heavy (non-hydrogen) atoms. The predicted molar refractivity (Wildman–Crippen MR) is 72.5 cm³/mol. The minimum absolute atomic E-state index is 0.240. The van der Waals surface area contributed by atoms with E-state index in [1.54, 1.807) is 0 Å². The van der Waals surface area contributed by atoms with Crippen molar-refractivity contribution >= 4 is 5.78 Å². The lowest BCUT2D eigenvalue weighted by atomic mass is 9.99. The molecule has 0 saturated carbocycles. The number of hydrogen-bond donors (Lipinski definition) is 0. The molecule has 0 aliphatic rings. The van der Waals surface area contributed by atoms with Crippen LogP contribution in [0.3, 0.4) is 0 Å². The van der Waals surface area contributed by atoms with E-state index in [1.165, 1.54) is 5.56 Å². The summed E-state index contributed by atoms with van der Waals surface area (Å²) < 4.78 is 0. The average Bonchev–Trinajstić information content (AvgIpc) is 2.25. The SMILES string of the molecule is CC(C)Cc1cccc(C(=O)CCN(C)C)c1. The smallest absolute Gasteiger partial charge is 0.164 e. The Morgan fingerprint density at radius 2 is 2.00 bits per heavy atom. The molecule has 0 bridgehead atoms. The maximum Gasteiger partial charge on any atom is 0.164 e. The van der Waals surface area contributed by atoms with Crippen LogP contribution >= 0.6 is 0 Å². The van der Waals surface area contributed by atoms with E-state index in [0.717, 1.165) is 18.5 Å². The van der Waals surface area contributed by atoms with E-state index in [4.69, 9.17) is 0 Å². The van der Waals surface area contributed by atoms with Crippen molar-refractivity contribution in [2.45, 2.75) is 26.7 Å². The van der Waals surface area contributed by atoms with Gasteiger partial charge in [-0.3, -0.25) is 4.79 Å². The molecule has 2 nitrogen and oxygen atoms in total. The largest absolute Gasteiger partial charge is 0.309 e. The molecule has 0 N–H and O–H groups in total. The molecule has 0 fully saturated rings. The van der Waals surface area contributed by atoms with Crippen LogP contribution in [0.1, 0.15) is 36.2 Å². The van der Waals surface area contributed by atoms with Crippen LogP contribution in [0.25, 0.3) is 0 Å². The van der Waals surface area contributed by atoms with Gasteiger partial charge in [0, 0.05) is 18.5 Å². The Balaban J connectivity index is 2.67. The van der Waals surface area contributed by atoms with Crippen LogP contribution in [0.15, 0.2) is 24.3 Å². The number of benzene rings is 1. The zero-order valence-corrected chi connectivity index (χ0v) is 11.4. The summed E-state index contributed by atoms with van der Waals surface area (Å²) in [6, 6.07) is 8.04. The lowest BCUT2D eigenvalue weighted by molar-refractivity contribution is 0.0972. The van der Waals surface area contributed by atoms with E-state index in [2.05, 4.69) is 19.9 Å². The quantitative estimate of drug-likeness (QED) is 0.704. The standard InChI is InChI=1S/C15H23NO/c1-12(2)10-13-6-5-7-14(11-13)15(17)8-9-16(3)4/h5-7,11-12H,8-10H2,1-4H3. The van der Waals surface area contributed by atoms with E-state index in [-0.39, 0.29) is 5.78 Å². The number of nitrogens with zero attached hydrogens (tertiary/aromatic N) is 1. The predicted octanol–water partition coefficient (Wildman–Crippen LogP) is 3.02. The number of rotatable bonds is 6. The summed E-state index contributed by atoms with van der Waals surface area (Å²) in [7, 11) is 3.98. The highest BCUT2D eigenvalue weighted by Gasteiger charge is 2.07. The first kappa shape index (κ1) is 13.9. The summed E-state index contributed by atoms with van der Waals surface area (Å²) in [6.07, 6.45) is 1.63. The van der Waals surface area contributed by atoms with Gasteiger partial charge in [0.05, 0.1) is 0 Å². The fraction of sp³-hybridized carbons (Fsp3) is 0.533. The molecule has 0 heterocycles. The third-order valence-corrected chi connectivity index (χ3v) is 2.68. The molecule has 0 aliphatic heterocycles. The number of Topliss-reactive ketones (excluding diaryl/α,β-unsaturated/α-hetero) is 1. The van der Waals surface area contributed by atoms with E-state index < -0.39 is 0 Å². The number of carbonyl (C=O) groups excluding carboxylic acids is 1. The first-order valence-electron chi connectivity index (χ1n) is 6.26. The van der Waals surface area contributed by atoms with Crippen LogP contribution < -0.4 is 0 Å². The third kappa shape index (κ3) is 5.14. The van der Waals surface area contributed by atoms with Gasteiger partial charge >= 0.3 is 0 Å². The average molecular weight is 233 g/mol. The summed E-state index contributed by atoms with van der Waals surface area (Å²) in [6.45, 7) is 5.20. The van der Waals surface area contributed by atoms with Crippen LogP contribution in [0.2, 0.25) is 0 Å². The molecule has 0 atom stereocenters. The molecule has 0 aromatic heterocycles. The highest BCUT2D eigenvalue weighted by atomic mass is 16.1. The van der Waals surface area contributed by atoms with Gasteiger partial charge in [-0.25, -0.2) is 0 Å². The Labute approximate surface area is 105 Å². The molecule has 2 heteroatoms. The fourth-order valence-corrected chi connectivity index (χ4v) is 1.81. The first-order valence-corrected chi connectivity index (χ1v) is 6.26. The molecule has 1 aromatic carbocycles. The van der Waals surface area contributed by atoms with Gasteiger partial charge in [-0.05, 0) is 38.1 Å². The number of carbonyl (C=O) groups is 1. The van der Waals surface area contributed by atoms with E-state index in [1.807, 2.05) is 37.2 Å². The van der Waals surface area contributed by atoms with Crippen molar-refractivity contribution in [1.29, 1.82) is 0 Å². The lowest BCUT2D eigenvalue weighted by Gasteiger charge is -2.10. The Morgan fingerprint density at radius 1 is 1.29 bits per heavy atom. The highest BCUT2D eigenvalue weighted by molar-refractivity contribution is 5.96. The van der Waals surface area contributed by atoms with Crippen LogP contribution in [0.5, 0.6) is 0 Å². The summed E-state index contributed by atoms with van der Waals surface area (Å²) in [5, 5.41) is 0. The molecule has 0 spiro atoms. The minimum atomic E-state index is 0.240. The minimum Gasteiger partial charge on any atom is -0.309 e. The second-order valence-electron chi connectivity index (χ2n) is 5.27. The number of hydrogen-bond acceptors (Lipinski definition) is 2. The van der Waals surface area contributed by atoms with E-state index in [9.17, 15) is 4.79 Å². The van der Waals surface area contributed by atoms with Gasteiger partial charge in [0.15, 0.2) is 5.78 Å².